The quantitative estimate of drug-likeness (QED) is 0.305. The van der Waals surface area contributed by atoms with Gasteiger partial charge >= 0.3 is 0 Å². The Kier molecular flexibility index (Phi) is 4.85. The van der Waals surface area contributed by atoms with Crippen LogP contribution in [0.2, 0.25) is 0 Å². The number of nitrogens with one attached hydrogen (secondary N) is 1. The van der Waals surface area contributed by atoms with Gasteiger partial charge in [-0.2, -0.15) is 0 Å². The molecule has 5 aromatic rings. The van der Waals surface area contributed by atoms with E-state index in [9.17, 15) is 5.11 Å². The summed E-state index contributed by atoms with van der Waals surface area (Å²) < 4.78 is 1.01. The molecule has 0 aliphatic heterocycles. The number of phenols is 1. The van der Waals surface area contributed by atoms with Gasteiger partial charge < -0.3 is 10.4 Å². The first-order chi connectivity index (χ1) is 14.7. The fourth-order valence-electron chi connectivity index (χ4n) is 3.90. The Morgan fingerprint density at radius 3 is 2.47 bits per heavy atom. The van der Waals surface area contributed by atoms with E-state index in [1.807, 2.05) is 60.8 Å². The van der Waals surface area contributed by atoms with Crippen LogP contribution in [-0.4, -0.2) is 10.1 Å². The van der Waals surface area contributed by atoms with Gasteiger partial charge in [0.2, 0.25) is 0 Å². The third kappa shape index (κ3) is 3.51. The van der Waals surface area contributed by atoms with E-state index in [0.717, 1.165) is 43.0 Å². The Morgan fingerprint density at radius 1 is 0.800 bits per heavy atom. The van der Waals surface area contributed by atoms with Gasteiger partial charge in [-0.3, -0.25) is 4.98 Å². The lowest BCUT2D eigenvalue weighted by molar-refractivity contribution is 0.468. The van der Waals surface area contributed by atoms with Gasteiger partial charge in [0.05, 0.1) is 23.4 Å². The van der Waals surface area contributed by atoms with Crippen molar-refractivity contribution in [3.8, 4) is 5.75 Å². The van der Waals surface area contributed by atoms with E-state index >= 15 is 0 Å². The van der Waals surface area contributed by atoms with Crippen LogP contribution >= 0.6 is 15.9 Å². The SMILES string of the molecule is Oc1ccc2cc(Br)ccc2c1C(Nc1cnc2ccccc2c1)c1ccccc1. The van der Waals surface area contributed by atoms with Crippen LogP contribution in [0.4, 0.5) is 5.69 Å². The largest absolute Gasteiger partial charge is 0.508 e. The lowest BCUT2D eigenvalue weighted by atomic mass is 9.92. The fourth-order valence-corrected chi connectivity index (χ4v) is 4.28. The number of aromatic nitrogens is 1. The maximum Gasteiger partial charge on any atom is 0.121 e. The van der Waals surface area contributed by atoms with Crippen LogP contribution in [0.3, 0.4) is 0 Å². The summed E-state index contributed by atoms with van der Waals surface area (Å²) in [5.74, 6) is 0.264. The van der Waals surface area contributed by atoms with Crippen molar-refractivity contribution in [3.05, 3.63) is 113 Å². The lowest BCUT2D eigenvalue weighted by Crippen LogP contribution is -2.13. The normalized spacial score (nSPS) is 12.2. The number of rotatable bonds is 4. The highest BCUT2D eigenvalue weighted by molar-refractivity contribution is 9.10. The van der Waals surface area contributed by atoms with E-state index in [1.165, 1.54) is 0 Å². The van der Waals surface area contributed by atoms with Gasteiger partial charge in [-0.1, -0.05) is 76.6 Å². The molecule has 5 rings (SSSR count). The highest BCUT2D eigenvalue weighted by atomic mass is 79.9. The minimum absolute atomic E-state index is 0.237. The van der Waals surface area contributed by atoms with Crippen molar-refractivity contribution in [2.45, 2.75) is 6.04 Å². The minimum atomic E-state index is -0.237. The van der Waals surface area contributed by atoms with E-state index < -0.39 is 0 Å². The molecule has 0 radical (unpaired) electrons. The predicted octanol–water partition coefficient (Wildman–Crippen LogP) is 7.06. The van der Waals surface area contributed by atoms with Gasteiger partial charge in [0.25, 0.3) is 0 Å². The summed E-state index contributed by atoms with van der Waals surface area (Å²) in [5.41, 5.74) is 3.77. The molecule has 3 nitrogen and oxygen atoms in total. The van der Waals surface area contributed by atoms with Crippen LogP contribution < -0.4 is 5.32 Å². The van der Waals surface area contributed by atoms with Crippen molar-refractivity contribution >= 4 is 43.3 Å². The highest BCUT2D eigenvalue weighted by Crippen LogP contribution is 2.38. The molecule has 2 N–H and O–H groups in total. The van der Waals surface area contributed by atoms with Gasteiger partial charge in [-0.25, -0.2) is 0 Å². The molecule has 1 aromatic heterocycles. The molecule has 1 atom stereocenters. The Balaban J connectivity index is 1.68. The van der Waals surface area contributed by atoms with Gasteiger partial charge in [0.15, 0.2) is 0 Å². The maximum absolute atomic E-state index is 10.9. The number of para-hydroxylation sites is 1. The summed E-state index contributed by atoms with van der Waals surface area (Å²) in [4.78, 5) is 4.59. The molecule has 0 saturated carbocycles. The molecule has 146 valence electrons. The van der Waals surface area contributed by atoms with Gasteiger partial charge in [0.1, 0.15) is 5.75 Å². The third-order valence-electron chi connectivity index (χ3n) is 5.32. The first-order valence-corrected chi connectivity index (χ1v) is 10.6. The van der Waals surface area contributed by atoms with E-state index in [2.05, 4.69) is 56.6 Å². The zero-order valence-electron chi connectivity index (χ0n) is 16.1. The number of aromatic hydroxyl groups is 1. The summed E-state index contributed by atoms with van der Waals surface area (Å²) in [6.45, 7) is 0. The molecule has 1 unspecified atom stereocenters. The highest BCUT2D eigenvalue weighted by Gasteiger charge is 2.21. The van der Waals surface area contributed by atoms with E-state index in [1.54, 1.807) is 6.07 Å². The zero-order chi connectivity index (χ0) is 20.5. The van der Waals surface area contributed by atoms with E-state index in [-0.39, 0.29) is 11.8 Å². The molecule has 0 spiro atoms. The van der Waals surface area contributed by atoms with Crippen molar-refractivity contribution in [1.82, 2.24) is 4.98 Å². The summed E-state index contributed by atoms with van der Waals surface area (Å²) in [6.07, 6.45) is 1.84. The molecule has 4 aromatic carbocycles. The summed E-state index contributed by atoms with van der Waals surface area (Å²) in [6, 6.07) is 29.9. The molecule has 0 fully saturated rings. The van der Waals surface area contributed by atoms with Crippen LogP contribution in [0.5, 0.6) is 5.75 Å². The van der Waals surface area contributed by atoms with Crippen molar-refractivity contribution < 1.29 is 5.11 Å². The van der Waals surface area contributed by atoms with Crippen LogP contribution in [0.25, 0.3) is 21.7 Å². The number of halogens is 1. The molecule has 0 aliphatic carbocycles. The molecule has 4 heteroatoms. The molecule has 0 saturated heterocycles. The minimum Gasteiger partial charge on any atom is -0.508 e. The summed E-state index contributed by atoms with van der Waals surface area (Å²) in [7, 11) is 0. The fraction of sp³-hybridized carbons (Fsp3) is 0.0385. The van der Waals surface area contributed by atoms with Gasteiger partial charge in [0, 0.05) is 15.4 Å². The first kappa shape index (κ1) is 18.6. The second kappa shape index (κ2) is 7.81. The molecular weight excluding hydrogens is 436 g/mol. The second-order valence-corrected chi connectivity index (χ2v) is 8.18. The molecular formula is C26H19BrN2O. The van der Waals surface area contributed by atoms with Crippen LogP contribution in [0, 0.1) is 0 Å². The molecule has 30 heavy (non-hydrogen) atoms. The summed E-state index contributed by atoms with van der Waals surface area (Å²) >= 11 is 3.55. The Hall–Kier alpha value is -3.37. The van der Waals surface area contributed by atoms with Gasteiger partial charge in [-0.15, -0.1) is 0 Å². The van der Waals surface area contributed by atoms with Crippen molar-refractivity contribution in [1.29, 1.82) is 0 Å². The maximum atomic E-state index is 10.9. The van der Waals surface area contributed by atoms with Crippen LogP contribution in [0.15, 0.2) is 102 Å². The van der Waals surface area contributed by atoms with Gasteiger partial charge in [-0.05, 0) is 46.7 Å². The van der Waals surface area contributed by atoms with Crippen molar-refractivity contribution in [2.75, 3.05) is 5.32 Å². The Labute approximate surface area is 183 Å². The number of hydrogen-bond acceptors (Lipinski definition) is 3. The smallest absolute Gasteiger partial charge is 0.121 e. The monoisotopic (exact) mass is 454 g/mol. The number of anilines is 1. The topological polar surface area (TPSA) is 45.1 Å². The van der Waals surface area contributed by atoms with Crippen LogP contribution in [-0.2, 0) is 0 Å². The predicted molar refractivity (Wildman–Crippen MR) is 127 cm³/mol. The Bertz CT molecular complexity index is 1350. The number of hydrogen-bond donors (Lipinski definition) is 2. The molecule has 0 bridgehead atoms. The Morgan fingerprint density at radius 2 is 1.60 bits per heavy atom. The van der Waals surface area contributed by atoms with E-state index in [4.69, 9.17) is 0 Å². The first-order valence-electron chi connectivity index (χ1n) is 9.76. The second-order valence-electron chi connectivity index (χ2n) is 7.27. The lowest BCUT2D eigenvalue weighted by Gasteiger charge is -2.24. The zero-order valence-corrected chi connectivity index (χ0v) is 17.7. The summed E-state index contributed by atoms with van der Waals surface area (Å²) in [5, 5.41) is 17.7. The molecule has 1 heterocycles. The molecule has 0 amide bonds. The third-order valence-corrected chi connectivity index (χ3v) is 5.82. The number of benzene rings is 4. The molecule has 0 aliphatic rings. The number of phenolic OH excluding ortho intramolecular Hbond substituents is 1. The van der Waals surface area contributed by atoms with Crippen LogP contribution in [0.1, 0.15) is 17.2 Å². The number of fused-ring (bicyclic) bond motifs is 2. The van der Waals surface area contributed by atoms with Crippen molar-refractivity contribution in [2.24, 2.45) is 0 Å². The average molecular weight is 455 g/mol. The van der Waals surface area contributed by atoms with E-state index in [0.29, 0.717) is 0 Å². The standard InChI is InChI=1S/C26H19BrN2O/c27-20-11-12-22-18(14-20)10-13-24(30)25(22)26(17-6-2-1-3-7-17)29-21-15-19-8-4-5-9-23(19)28-16-21/h1-16,26,29-30H. The van der Waals surface area contributed by atoms with Crippen molar-refractivity contribution in [3.63, 3.8) is 0 Å². The number of pyridine rings is 1. The number of nitrogens with zero attached hydrogens (tertiary/aromatic N) is 1. The average Bonchev–Trinajstić information content (AvgIpc) is 2.78.